The van der Waals surface area contributed by atoms with Crippen LogP contribution >= 0.6 is 11.6 Å². The highest BCUT2D eigenvalue weighted by atomic mass is 35.5. The third-order valence-electron chi connectivity index (χ3n) is 5.51. The summed E-state index contributed by atoms with van der Waals surface area (Å²) in [6.07, 6.45) is 0.903. The van der Waals surface area contributed by atoms with E-state index < -0.39 is 18.6 Å². The van der Waals surface area contributed by atoms with Crippen molar-refractivity contribution in [3.05, 3.63) is 78.1 Å². The van der Waals surface area contributed by atoms with E-state index in [-0.39, 0.29) is 16.9 Å². The number of ether oxygens (including phenoxy) is 3. The summed E-state index contributed by atoms with van der Waals surface area (Å²) < 4.78 is 42.2. The van der Waals surface area contributed by atoms with Crippen molar-refractivity contribution in [1.29, 1.82) is 5.26 Å². The largest absolute Gasteiger partial charge is 0.586 e. The monoisotopic (exact) mass is 543 g/mol. The standard InChI is InChI=1S/C14H18ClN3O2.C12H6F2N2O2/c1-14(2,3)12(19)13(18-9-16-8-17-18)20-11-6-4-10(15)5-7-11;13-12(14)17-10-3-1-2-8(11(10)18-12)9-6-16-5-7(9)4-15/h4-9,12-13,19H,1-3H3;1-3,5-6,16H. The normalized spacial score (nSPS) is 15.1. The molecule has 0 aliphatic carbocycles. The Hall–Kier alpha value is -4.14. The van der Waals surface area contributed by atoms with E-state index in [0.29, 0.717) is 27.5 Å². The molecule has 38 heavy (non-hydrogen) atoms. The highest BCUT2D eigenvalue weighted by Crippen LogP contribution is 2.47. The molecule has 0 saturated heterocycles. The molecule has 1 aliphatic heterocycles. The van der Waals surface area contributed by atoms with Gasteiger partial charge in [0.05, 0.1) is 5.56 Å². The van der Waals surface area contributed by atoms with Crippen molar-refractivity contribution in [2.45, 2.75) is 39.4 Å². The zero-order valence-corrected chi connectivity index (χ0v) is 21.4. The van der Waals surface area contributed by atoms with Crippen LogP contribution in [0.15, 0.2) is 67.5 Å². The Morgan fingerprint density at radius 3 is 2.50 bits per heavy atom. The number of aliphatic hydroxyl groups is 1. The van der Waals surface area contributed by atoms with E-state index in [1.807, 2.05) is 26.8 Å². The van der Waals surface area contributed by atoms with Crippen LogP contribution in [0.2, 0.25) is 5.02 Å². The Kier molecular flexibility index (Phi) is 7.57. The Morgan fingerprint density at radius 1 is 1.13 bits per heavy atom. The number of benzene rings is 2. The summed E-state index contributed by atoms with van der Waals surface area (Å²) in [7, 11) is 0. The third kappa shape index (κ3) is 6.04. The summed E-state index contributed by atoms with van der Waals surface area (Å²) in [5.74, 6) is 0.513. The maximum absolute atomic E-state index is 13.0. The minimum atomic E-state index is -3.67. The lowest BCUT2D eigenvalue weighted by molar-refractivity contribution is -0.286. The van der Waals surface area contributed by atoms with E-state index in [0.717, 1.165) is 0 Å². The van der Waals surface area contributed by atoms with E-state index in [2.05, 4.69) is 24.5 Å². The lowest BCUT2D eigenvalue weighted by Gasteiger charge is -2.32. The van der Waals surface area contributed by atoms with Crippen LogP contribution in [-0.2, 0) is 0 Å². The van der Waals surface area contributed by atoms with Crippen molar-refractivity contribution >= 4 is 11.6 Å². The minimum absolute atomic E-state index is 0.0393. The van der Waals surface area contributed by atoms with Crippen molar-refractivity contribution in [3.63, 3.8) is 0 Å². The van der Waals surface area contributed by atoms with Crippen molar-refractivity contribution in [2.75, 3.05) is 0 Å². The number of rotatable bonds is 5. The number of fused-ring (bicyclic) bond motifs is 1. The summed E-state index contributed by atoms with van der Waals surface area (Å²) in [5, 5.41) is 24.1. The molecule has 0 spiro atoms. The number of H-pyrrole nitrogens is 1. The quantitative estimate of drug-likeness (QED) is 0.327. The van der Waals surface area contributed by atoms with E-state index >= 15 is 0 Å². The highest BCUT2D eigenvalue weighted by Gasteiger charge is 2.44. The fraction of sp³-hybridized carbons (Fsp3) is 0.269. The van der Waals surface area contributed by atoms with Gasteiger partial charge in [-0.15, -0.1) is 8.78 Å². The van der Waals surface area contributed by atoms with E-state index in [1.54, 1.807) is 42.6 Å². The average molecular weight is 544 g/mol. The number of hydrogen-bond donors (Lipinski definition) is 2. The van der Waals surface area contributed by atoms with Gasteiger partial charge in [-0.2, -0.15) is 10.4 Å². The van der Waals surface area contributed by atoms with Gasteiger partial charge >= 0.3 is 6.29 Å². The molecule has 2 N–H and O–H groups in total. The van der Waals surface area contributed by atoms with Gasteiger partial charge < -0.3 is 24.3 Å². The zero-order chi connectivity index (χ0) is 27.5. The molecular weight excluding hydrogens is 520 g/mol. The van der Waals surface area contributed by atoms with Gasteiger partial charge in [0, 0.05) is 28.5 Å². The van der Waals surface area contributed by atoms with Gasteiger partial charge in [-0.1, -0.05) is 44.5 Å². The summed E-state index contributed by atoms with van der Waals surface area (Å²) in [4.78, 5) is 6.66. The van der Waals surface area contributed by atoms with Gasteiger partial charge in [0.2, 0.25) is 6.23 Å². The van der Waals surface area contributed by atoms with Crippen molar-refractivity contribution in [2.24, 2.45) is 5.41 Å². The molecule has 198 valence electrons. The summed E-state index contributed by atoms with van der Waals surface area (Å²) in [6, 6.07) is 13.5. The predicted molar refractivity (Wildman–Crippen MR) is 134 cm³/mol. The molecule has 3 heterocycles. The highest BCUT2D eigenvalue weighted by molar-refractivity contribution is 6.30. The SMILES string of the molecule is CC(C)(C)C(O)C(Oc1ccc(Cl)cc1)n1cncn1.N#Cc1c[nH]cc1-c1cccc2c1OC(F)(F)O2. The Labute approximate surface area is 222 Å². The molecule has 0 saturated carbocycles. The van der Waals surface area contributed by atoms with Crippen molar-refractivity contribution < 1.29 is 28.1 Å². The zero-order valence-electron chi connectivity index (χ0n) is 20.6. The van der Waals surface area contributed by atoms with Gasteiger partial charge in [0.1, 0.15) is 30.6 Å². The number of nitrogens with one attached hydrogen (secondary N) is 1. The Bertz CT molecular complexity index is 1410. The molecule has 2 aromatic carbocycles. The fourth-order valence-corrected chi connectivity index (χ4v) is 3.68. The number of nitrogens with zero attached hydrogens (tertiary/aromatic N) is 4. The summed E-state index contributed by atoms with van der Waals surface area (Å²) in [6.45, 7) is 5.81. The summed E-state index contributed by atoms with van der Waals surface area (Å²) in [5.41, 5.74) is 0.878. The lowest BCUT2D eigenvalue weighted by atomic mass is 9.88. The van der Waals surface area contributed by atoms with Crippen LogP contribution in [0.5, 0.6) is 17.2 Å². The molecular formula is C26H24ClF2N5O4. The number of aromatic amines is 1. The van der Waals surface area contributed by atoms with Gasteiger partial charge in [-0.3, -0.25) is 0 Å². The summed E-state index contributed by atoms with van der Waals surface area (Å²) >= 11 is 5.85. The molecule has 9 nitrogen and oxygen atoms in total. The number of alkyl halides is 2. The third-order valence-corrected chi connectivity index (χ3v) is 5.76. The van der Waals surface area contributed by atoms with Gasteiger partial charge in [-0.05, 0) is 35.7 Å². The Morgan fingerprint density at radius 2 is 1.87 bits per heavy atom. The molecule has 2 aromatic heterocycles. The maximum Gasteiger partial charge on any atom is 0.586 e. The van der Waals surface area contributed by atoms with Crippen LogP contribution in [0.4, 0.5) is 8.78 Å². The minimum Gasteiger partial charge on any atom is -0.466 e. The van der Waals surface area contributed by atoms with Gasteiger partial charge in [0.25, 0.3) is 0 Å². The number of nitriles is 1. The number of aromatic nitrogens is 4. The van der Waals surface area contributed by atoms with Crippen molar-refractivity contribution in [1.82, 2.24) is 19.7 Å². The number of hydrogen-bond acceptors (Lipinski definition) is 7. The van der Waals surface area contributed by atoms with Crippen LogP contribution in [0.1, 0.15) is 32.6 Å². The van der Waals surface area contributed by atoms with Crippen LogP contribution < -0.4 is 14.2 Å². The smallest absolute Gasteiger partial charge is 0.466 e. The van der Waals surface area contributed by atoms with Crippen molar-refractivity contribution in [3.8, 4) is 34.4 Å². The predicted octanol–water partition coefficient (Wildman–Crippen LogP) is 5.79. The van der Waals surface area contributed by atoms with Gasteiger partial charge in [0.15, 0.2) is 11.5 Å². The van der Waals surface area contributed by atoms with E-state index in [1.165, 1.54) is 29.6 Å². The first-order chi connectivity index (χ1) is 18.0. The van der Waals surface area contributed by atoms with Gasteiger partial charge in [-0.25, -0.2) is 9.67 Å². The molecule has 2 unspecified atom stereocenters. The first-order valence-corrected chi connectivity index (χ1v) is 11.8. The topological polar surface area (TPSA) is 118 Å². The van der Waals surface area contributed by atoms with E-state index in [4.69, 9.17) is 21.6 Å². The Balaban J connectivity index is 0.000000178. The molecule has 4 aromatic rings. The lowest BCUT2D eigenvalue weighted by Crippen LogP contribution is -2.38. The number of halogens is 3. The molecule has 2 atom stereocenters. The molecule has 1 aliphatic rings. The molecule has 12 heteroatoms. The van der Waals surface area contributed by atoms with Crippen LogP contribution in [0.3, 0.4) is 0 Å². The van der Waals surface area contributed by atoms with Crippen LogP contribution in [0, 0.1) is 16.7 Å². The second kappa shape index (κ2) is 10.7. The first kappa shape index (κ1) is 26.9. The fourth-order valence-electron chi connectivity index (χ4n) is 3.55. The van der Waals surface area contributed by atoms with Crippen LogP contribution in [0.25, 0.3) is 11.1 Å². The second-order valence-electron chi connectivity index (χ2n) is 9.34. The van der Waals surface area contributed by atoms with Crippen LogP contribution in [-0.4, -0.2) is 37.3 Å². The number of aliphatic hydroxyl groups excluding tert-OH is 1. The molecule has 0 radical (unpaired) electrons. The molecule has 0 bridgehead atoms. The first-order valence-electron chi connectivity index (χ1n) is 11.4. The van der Waals surface area contributed by atoms with E-state index in [9.17, 15) is 13.9 Å². The molecule has 0 fully saturated rings. The molecule has 5 rings (SSSR count). The average Bonchev–Trinajstić information content (AvgIpc) is 3.61. The second-order valence-corrected chi connectivity index (χ2v) is 9.78. The molecule has 0 amide bonds. The maximum atomic E-state index is 13.0. The number of para-hydroxylation sites is 1.